The minimum atomic E-state index is -4.54. The lowest BCUT2D eigenvalue weighted by Gasteiger charge is -2.13. The number of alkyl halides is 3. The van der Waals surface area contributed by atoms with Gasteiger partial charge in [0.2, 0.25) is 0 Å². The lowest BCUT2D eigenvalue weighted by atomic mass is 10.1. The van der Waals surface area contributed by atoms with Crippen LogP contribution < -0.4 is 15.4 Å². The summed E-state index contributed by atoms with van der Waals surface area (Å²) in [6, 6.07) is 9.11. The molecule has 0 fully saturated rings. The van der Waals surface area contributed by atoms with Crippen molar-refractivity contribution in [3.05, 3.63) is 72.7 Å². The third-order valence-corrected chi connectivity index (χ3v) is 4.36. The van der Waals surface area contributed by atoms with Crippen molar-refractivity contribution in [1.82, 2.24) is 25.3 Å². The third kappa shape index (κ3) is 6.89. The zero-order valence-corrected chi connectivity index (χ0v) is 17.9. The van der Waals surface area contributed by atoms with E-state index in [0.717, 1.165) is 0 Å². The Morgan fingerprint density at radius 2 is 2.00 bits per heavy atom. The number of benzene rings is 1. The van der Waals surface area contributed by atoms with Gasteiger partial charge in [-0.05, 0) is 43.2 Å². The van der Waals surface area contributed by atoms with E-state index in [9.17, 15) is 22.8 Å². The van der Waals surface area contributed by atoms with E-state index in [4.69, 9.17) is 4.74 Å². The fraction of sp³-hybridized carbons (Fsp3) is 0.227. The number of rotatable bonds is 10. The Hall–Kier alpha value is -4.22. The van der Waals surface area contributed by atoms with Crippen LogP contribution in [0.3, 0.4) is 0 Å². The Morgan fingerprint density at radius 3 is 2.71 bits per heavy atom. The van der Waals surface area contributed by atoms with Gasteiger partial charge in [0.1, 0.15) is 23.8 Å². The zero-order chi connectivity index (χ0) is 24.6. The van der Waals surface area contributed by atoms with E-state index in [1.54, 1.807) is 24.3 Å². The van der Waals surface area contributed by atoms with E-state index in [2.05, 4.69) is 27.2 Å². The largest absolute Gasteiger partial charge is 0.491 e. The van der Waals surface area contributed by atoms with Crippen molar-refractivity contribution >= 4 is 17.6 Å². The number of anilines is 1. The van der Waals surface area contributed by atoms with Crippen LogP contribution in [0.4, 0.5) is 19.0 Å². The second-order valence-electron chi connectivity index (χ2n) is 6.98. The monoisotopic (exact) mass is 474 g/mol. The Morgan fingerprint density at radius 1 is 1.18 bits per heavy atom. The minimum Gasteiger partial charge on any atom is -0.491 e. The summed E-state index contributed by atoms with van der Waals surface area (Å²) in [6.07, 6.45) is 1.37. The molecule has 9 nitrogen and oxygen atoms in total. The van der Waals surface area contributed by atoms with Gasteiger partial charge < -0.3 is 15.4 Å². The topological polar surface area (TPSA) is 111 Å². The summed E-state index contributed by atoms with van der Waals surface area (Å²) in [5.74, 6) is -0.928. The number of hydrogen-bond donors (Lipinski definition) is 2. The number of hydrogen-bond acceptors (Lipinski definition) is 6. The number of aromatic nitrogens is 4. The van der Waals surface area contributed by atoms with Crippen molar-refractivity contribution in [1.29, 1.82) is 0 Å². The van der Waals surface area contributed by atoms with Crippen LogP contribution in [-0.4, -0.2) is 51.1 Å². The minimum absolute atomic E-state index is 0.00439. The van der Waals surface area contributed by atoms with Crippen molar-refractivity contribution in [3.8, 4) is 11.4 Å². The Balaban J connectivity index is 1.82. The fourth-order valence-electron chi connectivity index (χ4n) is 2.76. The number of amides is 2. The standard InChI is InChI=1S/C22H21F3N6O3/c1-2-3-6-11-34-18-12-15(20(32)27-14-22(23,24)25)8-9-17(18)31-13-16(29-30-31)21(33)28-19-7-4-5-10-26-19/h2,4-5,7-10,12-13H,1,3,6,11,14H2,(H,27,32)(H,26,28,33). The molecule has 2 aromatic heterocycles. The fourth-order valence-corrected chi connectivity index (χ4v) is 2.76. The number of allylic oxidation sites excluding steroid dienone is 1. The molecule has 3 aromatic rings. The first kappa shape index (κ1) is 24.4. The third-order valence-electron chi connectivity index (χ3n) is 4.36. The molecule has 0 radical (unpaired) electrons. The smallest absolute Gasteiger partial charge is 0.405 e. The molecule has 2 N–H and O–H groups in total. The number of nitrogens with one attached hydrogen (secondary N) is 2. The molecule has 0 aliphatic carbocycles. The van der Waals surface area contributed by atoms with E-state index < -0.39 is 24.5 Å². The molecule has 12 heteroatoms. The zero-order valence-electron chi connectivity index (χ0n) is 17.9. The van der Waals surface area contributed by atoms with E-state index in [-0.39, 0.29) is 23.6 Å². The molecule has 34 heavy (non-hydrogen) atoms. The Bertz CT molecular complexity index is 1150. The van der Waals surface area contributed by atoms with Crippen LogP contribution in [0.25, 0.3) is 5.69 Å². The summed E-state index contributed by atoms with van der Waals surface area (Å²) in [7, 11) is 0. The maximum atomic E-state index is 12.4. The summed E-state index contributed by atoms with van der Waals surface area (Å²) in [4.78, 5) is 28.6. The van der Waals surface area contributed by atoms with Crippen molar-refractivity contribution in [2.24, 2.45) is 0 Å². The van der Waals surface area contributed by atoms with Gasteiger partial charge in [-0.15, -0.1) is 11.7 Å². The maximum absolute atomic E-state index is 12.4. The summed E-state index contributed by atoms with van der Waals surface area (Å²) in [5.41, 5.74) is 0.311. The van der Waals surface area contributed by atoms with Crippen molar-refractivity contribution in [2.75, 3.05) is 18.5 Å². The second-order valence-corrected chi connectivity index (χ2v) is 6.98. The van der Waals surface area contributed by atoms with Crippen LogP contribution in [0.5, 0.6) is 5.75 Å². The number of halogens is 3. The van der Waals surface area contributed by atoms with Gasteiger partial charge in [-0.2, -0.15) is 13.2 Å². The molecule has 0 bridgehead atoms. The van der Waals surface area contributed by atoms with E-state index >= 15 is 0 Å². The van der Waals surface area contributed by atoms with Crippen LogP contribution in [0.1, 0.15) is 33.7 Å². The highest BCUT2D eigenvalue weighted by Gasteiger charge is 2.28. The number of carbonyl (C=O) groups excluding carboxylic acids is 2. The number of carbonyl (C=O) groups is 2. The molecule has 0 saturated heterocycles. The van der Waals surface area contributed by atoms with Gasteiger partial charge in [-0.25, -0.2) is 9.67 Å². The lowest BCUT2D eigenvalue weighted by Crippen LogP contribution is -2.33. The van der Waals surface area contributed by atoms with Gasteiger partial charge in [-0.1, -0.05) is 17.4 Å². The van der Waals surface area contributed by atoms with Gasteiger partial charge in [-0.3, -0.25) is 9.59 Å². The maximum Gasteiger partial charge on any atom is 0.405 e. The lowest BCUT2D eigenvalue weighted by molar-refractivity contribution is -0.123. The summed E-state index contributed by atoms with van der Waals surface area (Å²) in [6.45, 7) is 2.43. The molecule has 0 aliphatic heterocycles. The number of ether oxygens (including phenoxy) is 1. The van der Waals surface area contributed by atoms with Gasteiger partial charge in [0.05, 0.1) is 12.8 Å². The Labute approximate surface area is 192 Å². The second kappa shape index (κ2) is 11.1. The average molecular weight is 474 g/mol. The molecule has 0 saturated carbocycles. The molecule has 2 heterocycles. The molecule has 0 aliphatic rings. The molecule has 0 unspecified atom stereocenters. The van der Waals surface area contributed by atoms with Crippen LogP contribution in [0.15, 0.2) is 61.4 Å². The molecule has 3 rings (SSSR count). The molecule has 1 aromatic carbocycles. The van der Waals surface area contributed by atoms with Crippen LogP contribution in [0, 0.1) is 0 Å². The van der Waals surface area contributed by atoms with Gasteiger partial charge >= 0.3 is 6.18 Å². The van der Waals surface area contributed by atoms with Gasteiger partial charge in [0.15, 0.2) is 5.69 Å². The van der Waals surface area contributed by atoms with Gasteiger partial charge in [0, 0.05) is 11.8 Å². The first-order valence-corrected chi connectivity index (χ1v) is 10.1. The quantitative estimate of drug-likeness (QED) is 0.343. The predicted molar refractivity (Wildman–Crippen MR) is 117 cm³/mol. The number of pyridine rings is 1. The Kier molecular flexibility index (Phi) is 7.96. The van der Waals surface area contributed by atoms with Crippen LogP contribution in [-0.2, 0) is 0 Å². The van der Waals surface area contributed by atoms with Crippen molar-refractivity contribution in [2.45, 2.75) is 19.0 Å². The highest BCUT2D eigenvalue weighted by Crippen LogP contribution is 2.25. The van der Waals surface area contributed by atoms with Crippen LogP contribution in [0.2, 0.25) is 0 Å². The summed E-state index contributed by atoms with van der Waals surface area (Å²) >= 11 is 0. The van der Waals surface area contributed by atoms with Gasteiger partial charge in [0.25, 0.3) is 11.8 Å². The van der Waals surface area contributed by atoms with E-state index in [1.807, 2.05) is 5.32 Å². The number of nitrogens with zero attached hydrogens (tertiary/aromatic N) is 4. The molecule has 0 atom stereocenters. The highest BCUT2D eigenvalue weighted by molar-refractivity contribution is 6.02. The molecule has 0 spiro atoms. The number of unbranched alkanes of at least 4 members (excludes halogenated alkanes) is 1. The van der Waals surface area contributed by atoms with Crippen molar-refractivity contribution in [3.63, 3.8) is 0 Å². The highest BCUT2D eigenvalue weighted by atomic mass is 19.4. The van der Waals surface area contributed by atoms with E-state index in [1.165, 1.54) is 35.3 Å². The van der Waals surface area contributed by atoms with E-state index in [0.29, 0.717) is 24.3 Å². The molecule has 2 amide bonds. The molecule has 178 valence electrons. The summed E-state index contributed by atoms with van der Waals surface area (Å²) < 4.78 is 44.3. The first-order valence-electron chi connectivity index (χ1n) is 10.1. The molecular formula is C22H21F3N6O3. The summed E-state index contributed by atoms with van der Waals surface area (Å²) in [5, 5.41) is 12.2. The predicted octanol–water partition coefficient (Wildman–Crippen LogP) is 3.55. The first-order chi connectivity index (χ1) is 16.3. The SMILES string of the molecule is C=CCCCOc1cc(C(=O)NCC(F)(F)F)ccc1-n1cc(C(=O)Nc2ccccn2)nn1. The van der Waals surface area contributed by atoms with Crippen molar-refractivity contribution < 1.29 is 27.5 Å². The normalized spacial score (nSPS) is 11.0. The average Bonchev–Trinajstić information content (AvgIpc) is 3.31. The van der Waals surface area contributed by atoms with Crippen LogP contribution >= 0.6 is 0 Å². The molecular weight excluding hydrogens is 453 g/mol.